The fourth-order valence-corrected chi connectivity index (χ4v) is 3.98. The molecule has 0 aliphatic carbocycles. The first-order chi connectivity index (χ1) is 9.63. The second-order valence-corrected chi connectivity index (χ2v) is 7.69. The number of carboxylic acid groups (broad SMARTS) is 1. The molecule has 0 saturated carbocycles. The summed E-state index contributed by atoms with van der Waals surface area (Å²) >= 11 is 5.81. The zero-order chi connectivity index (χ0) is 15.8. The SMILES string of the molecule is CC1(O)CCN(S(=O)(=O)c2ccc(C(=O)O)c(Cl)c2)CC1. The van der Waals surface area contributed by atoms with Gasteiger partial charge in [-0.25, -0.2) is 13.2 Å². The van der Waals surface area contributed by atoms with Crippen molar-refractivity contribution in [3.63, 3.8) is 0 Å². The van der Waals surface area contributed by atoms with Gasteiger partial charge >= 0.3 is 5.97 Å². The molecule has 0 aromatic heterocycles. The molecule has 1 heterocycles. The zero-order valence-corrected chi connectivity index (χ0v) is 13.0. The van der Waals surface area contributed by atoms with Crippen molar-refractivity contribution >= 4 is 27.6 Å². The Hall–Kier alpha value is -1.15. The number of sulfonamides is 1. The summed E-state index contributed by atoms with van der Waals surface area (Å²) in [5, 5.41) is 18.6. The number of hydrogen-bond acceptors (Lipinski definition) is 4. The first-order valence-corrected chi connectivity index (χ1v) is 8.21. The number of piperidine rings is 1. The number of hydrogen-bond donors (Lipinski definition) is 2. The van der Waals surface area contributed by atoms with E-state index in [0.717, 1.165) is 6.07 Å². The average molecular weight is 334 g/mol. The highest BCUT2D eigenvalue weighted by molar-refractivity contribution is 7.89. The van der Waals surface area contributed by atoms with Crippen molar-refractivity contribution in [1.82, 2.24) is 4.31 Å². The third-order valence-electron chi connectivity index (χ3n) is 3.61. The van der Waals surface area contributed by atoms with Gasteiger partial charge in [-0.2, -0.15) is 4.31 Å². The second kappa shape index (κ2) is 5.57. The topological polar surface area (TPSA) is 94.9 Å². The van der Waals surface area contributed by atoms with Gasteiger partial charge < -0.3 is 10.2 Å². The number of rotatable bonds is 3. The molecule has 6 nitrogen and oxygen atoms in total. The van der Waals surface area contributed by atoms with Gasteiger partial charge in [0.05, 0.1) is 21.1 Å². The van der Waals surface area contributed by atoms with Crippen LogP contribution < -0.4 is 0 Å². The molecule has 21 heavy (non-hydrogen) atoms. The van der Waals surface area contributed by atoms with Gasteiger partial charge in [0.2, 0.25) is 10.0 Å². The fraction of sp³-hybridized carbons (Fsp3) is 0.462. The smallest absolute Gasteiger partial charge is 0.337 e. The maximum atomic E-state index is 12.5. The van der Waals surface area contributed by atoms with Gasteiger partial charge in [0.25, 0.3) is 0 Å². The second-order valence-electron chi connectivity index (χ2n) is 5.35. The zero-order valence-electron chi connectivity index (χ0n) is 11.4. The molecule has 116 valence electrons. The molecule has 1 saturated heterocycles. The van der Waals surface area contributed by atoms with Crippen molar-refractivity contribution in [3.8, 4) is 0 Å². The van der Waals surface area contributed by atoms with Crippen LogP contribution in [0.4, 0.5) is 0 Å². The number of halogens is 1. The summed E-state index contributed by atoms with van der Waals surface area (Å²) in [6.45, 7) is 2.11. The van der Waals surface area contributed by atoms with E-state index < -0.39 is 21.6 Å². The largest absolute Gasteiger partial charge is 0.478 e. The van der Waals surface area contributed by atoms with Crippen molar-refractivity contribution in [2.75, 3.05) is 13.1 Å². The summed E-state index contributed by atoms with van der Waals surface area (Å²) in [5.41, 5.74) is -0.992. The molecule has 2 N–H and O–H groups in total. The molecule has 1 aliphatic heterocycles. The predicted octanol–water partition coefficient (Wildman–Crippen LogP) is 1.57. The lowest BCUT2D eigenvalue weighted by atomic mass is 9.95. The molecular weight excluding hydrogens is 318 g/mol. The van der Waals surface area contributed by atoms with Gasteiger partial charge in [0, 0.05) is 13.1 Å². The van der Waals surface area contributed by atoms with Crippen LogP contribution in [0.3, 0.4) is 0 Å². The minimum Gasteiger partial charge on any atom is -0.478 e. The van der Waals surface area contributed by atoms with Gasteiger partial charge in [-0.1, -0.05) is 11.6 Å². The van der Waals surface area contributed by atoms with Crippen molar-refractivity contribution in [1.29, 1.82) is 0 Å². The van der Waals surface area contributed by atoms with Crippen LogP contribution in [0.5, 0.6) is 0 Å². The Morgan fingerprint density at radius 1 is 1.33 bits per heavy atom. The van der Waals surface area contributed by atoms with E-state index in [1.165, 1.54) is 16.4 Å². The molecule has 1 aromatic carbocycles. The van der Waals surface area contributed by atoms with Crippen LogP contribution in [-0.4, -0.2) is 47.6 Å². The van der Waals surface area contributed by atoms with E-state index in [9.17, 15) is 18.3 Å². The number of carboxylic acids is 1. The molecule has 0 spiro atoms. The summed E-state index contributed by atoms with van der Waals surface area (Å²) in [5.74, 6) is -1.21. The van der Waals surface area contributed by atoms with Crippen LogP contribution in [0.1, 0.15) is 30.1 Å². The molecule has 1 fully saturated rings. The predicted molar refractivity (Wildman–Crippen MR) is 77.0 cm³/mol. The first-order valence-electron chi connectivity index (χ1n) is 6.39. The summed E-state index contributed by atoms with van der Waals surface area (Å²) in [6, 6.07) is 3.56. The normalized spacial score (nSPS) is 19.4. The average Bonchev–Trinajstić information content (AvgIpc) is 2.37. The van der Waals surface area contributed by atoms with E-state index in [4.69, 9.17) is 16.7 Å². The lowest BCUT2D eigenvalue weighted by molar-refractivity contribution is 0.0126. The quantitative estimate of drug-likeness (QED) is 0.875. The lowest BCUT2D eigenvalue weighted by Crippen LogP contribution is -2.45. The van der Waals surface area contributed by atoms with Crippen molar-refractivity contribution in [2.45, 2.75) is 30.3 Å². The Bertz CT molecular complexity index is 661. The van der Waals surface area contributed by atoms with Gasteiger partial charge in [0.1, 0.15) is 0 Å². The third-order valence-corrected chi connectivity index (χ3v) is 5.82. The minimum atomic E-state index is -3.73. The molecule has 0 radical (unpaired) electrons. The van der Waals surface area contributed by atoms with Crippen LogP contribution in [0.25, 0.3) is 0 Å². The Balaban J connectivity index is 2.28. The molecule has 0 unspecified atom stereocenters. The minimum absolute atomic E-state index is 0.0426. The highest BCUT2D eigenvalue weighted by atomic mass is 35.5. The lowest BCUT2D eigenvalue weighted by Gasteiger charge is -2.35. The summed E-state index contributed by atoms with van der Waals surface area (Å²) in [4.78, 5) is 10.8. The molecule has 0 atom stereocenters. The number of nitrogens with zero attached hydrogens (tertiary/aromatic N) is 1. The molecule has 0 amide bonds. The Kier molecular flexibility index (Phi) is 4.30. The van der Waals surface area contributed by atoms with Gasteiger partial charge in [-0.15, -0.1) is 0 Å². The maximum Gasteiger partial charge on any atom is 0.337 e. The highest BCUT2D eigenvalue weighted by Gasteiger charge is 2.34. The molecule has 1 aliphatic rings. The first kappa shape index (κ1) is 16.2. The Morgan fingerprint density at radius 2 is 1.90 bits per heavy atom. The fourth-order valence-electron chi connectivity index (χ4n) is 2.19. The van der Waals surface area contributed by atoms with Crippen LogP contribution in [0.2, 0.25) is 5.02 Å². The number of carbonyl (C=O) groups is 1. The molecule has 2 rings (SSSR count). The van der Waals surface area contributed by atoms with Crippen molar-refractivity contribution in [3.05, 3.63) is 28.8 Å². The van der Waals surface area contributed by atoms with Crippen LogP contribution >= 0.6 is 11.6 Å². The molecular formula is C13H16ClNO5S. The monoisotopic (exact) mass is 333 g/mol. The maximum absolute atomic E-state index is 12.5. The summed E-state index contributed by atoms with van der Waals surface area (Å²) < 4.78 is 26.2. The molecule has 1 aromatic rings. The highest BCUT2D eigenvalue weighted by Crippen LogP contribution is 2.28. The van der Waals surface area contributed by atoms with Gasteiger partial charge in [-0.05, 0) is 38.0 Å². The van der Waals surface area contributed by atoms with Crippen LogP contribution in [0.15, 0.2) is 23.1 Å². The Morgan fingerprint density at radius 3 is 2.38 bits per heavy atom. The number of aliphatic hydroxyl groups is 1. The van der Waals surface area contributed by atoms with Crippen molar-refractivity contribution < 1.29 is 23.4 Å². The van der Waals surface area contributed by atoms with Crippen LogP contribution in [0, 0.1) is 0 Å². The van der Waals surface area contributed by atoms with E-state index in [2.05, 4.69) is 0 Å². The van der Waals surface area contributed by atoms with Crippen molar-refractivity contribution in [2.24, 2.45) is 0 Å². The van der Waals surface area contributed by atoms with Gasteiger partial charge in [-0.3, -0.25) is 0 Å². The van der Waals surface area contributed by atoms with Gasteiger partial charge in [0.15, 0.2) is 0 Å². The van der Waals surface area contributed by atoms with E-state index in [0.29, 0.717) is 12.8 Å². The van der Waals surface area contributed by atoms with E-state index in [1.54, 1.807) is 6.92 Å². The van der Waals surface area contributed by atoms with Crippen LogP contribution in [-0.2, 0) is 10.0 Å². The van der Waals surface area contributed by atoms with E-state index in [-0.39, 0.29) is 28.6 Å². The van der Waals surface area contributed by atoms with E-state index >= 15 is 0 Å². The summed E-state index contributed by atoms with van der Waals surface area (Å²) in [6.07, 6.45) is 0.709. The molecule has 0 bridgehead atoms. The van der Waals surface area contributed by atoms with E-state index in [1.807, 2.05) is 0 Å². The standard InChI is InChI=1S/C13H16ClNO5S/c1-13(18)4-6-15(7-5-13)21(19,20)9-2-3-10(12(16)17)11(14)8-9/h2-3,8,18H,4-7H2,1H3,(H,16,17). The number of aromatic carboxylic acids is 1. The Labute approximate surface area is 128 Å². The number of benzene rings is 1. The molecule has 8 heteroatoms. The third kappa shape index (κ3) is 3.37. The summed E-state index contributed by atoms with van der Waals surface area (Å²) in [7, 11) is -3.73.